The summed E-state index contributed by atoms with van der Waals surface area (Å²) in [6.45, 7) is 0. The molecule has 11 rings (SSSR count). The van der Waals surface area contributed by atoms with Crippen LogP contribution in [0.4, 0.5) is 0 Å². The van der Waals surface area contributed by atoms with Crippen LogP contribution in [-0.4, -0.2) is 15.0 Å². The highest BCUT2D eigenvalue weighted by Crippen LogP contribution is 2.43. The summed E-state index contributed by atoms with van der Waals surface area (Å²) in [6, 6.07) is 75.3. The van der Waals surface area contributed by atoms with Gasteiger partial charge in [-0.05, 0) is 82.5 Å². The van der Waals surface area contributed by atoms with E-state index >= 15 is 0 Å². The number of aromatic nitrogens is 3. The zero-order chi connectivity index (χ0) is 38.4. The number of nitrogens with zero attached hydrogens (tertiary/aromatic N) is 3. The smallest absolute Gasteiger partial charge is 0.164 e. The van der Waals surface area contributed by atoms with Crippen molar-refractivity contribution in [3.05, 3.63) is 212 Å². The molecule has 10 aromatic carbocycles. The summed E-state index contributed by atoms with van der Waals surface area (Å²) >= 11 is 0. The largest absolute Gasteiger partial charge is 0.208 e. The standard InChI is InChI=1S/C55H35N3/c1-3-13-36(14-4-1)37-23-25-38(26-24-37)39-27-31-42(32-28-39)54-56-53(41-15-5-2-6-16-41)57-55(58-54)43-33-29-40(30-34-43)50-35-51-46-19-8-7-17-44(46)45-18-9-11-21-48(45)52(51)49-22-12-10-20-47(49)50/h1-35H. The number of rotatable bonds is 6. The normalized spacial score (nSPS) is 11.4. The molecule has 270 valence electrons. The summed E-state index contributed by atoms with van der Waals surface area (Å²) in [5.74, 6) is 1.92. The van der Waals surface area contributed by atoms with Crippen LogP contribution in [0, 0.1) is 0 Å². The molecule has 0 saturated carbocycles. The van der Waals surface area contributed by atoms with Crippen molar-refractivity contribution >= 4 is 43.1 Å². The van der Waals surface area contributed by atoms with E-state index in [2.05, 4.69) is 176 Å². The summed E-state index contributed by atoms with van der Waals surface area (Å²) in [4.78, 5) is 15.1. The lowest BCUT2D eigenvalue weighted by atomic mass is 9.87. The zero-order valence-electron chi connectivity index (χ0n) is 31.5. The quantitative estimate of drug-likeness (QED) is 0.160. The number of hydrogen-bond donors (Lipinski definition) is 0. The molecule has 11 aromatic rings. The van der Waals surface area contributed by atoms with Gasteiger partial charge in [-0.2, -0.15) is 0 Å². The maximum Gasteiger partial charge on any atom is 0.164 e. The van der Waals surface area contributed by atoms with Gasteiger partial charge in [0.2, 0.25) is 0 Å². The van der Waals surface area contributed by atoms with Crippen LogP contribution in [0.25, 0.3) is 111 Å². The predicted octanol–water partition coefficient (Wildman–Crippen LogP) is 14.5. The number of hydrogen-bond acceptors (Lipinski definition) is 3. The van der Waals surface area contributed by atoms with E-state index in [-0.39, 0.29) is 0 Å². The first-order chi connectivity index (χ1) is 28.7. The van der Waals surface area contributed by atoms with Crippen molar-refractivity contribution < 1.29 is 0 Å². The van der Waals surface area contributed by atoms with Crippen LogP contribution in [-0.2, 0) is 0 Å². The Morgan fingerprint density at radius 3 is 0.983 bits per heavy atom. The van der Waals surface area contributed by atoms with Crippen molar-refractivity contribution in [1.82, 2.24) is 15.0 Å². The lowest BCUT2D eigenvalue weighted by molar-refractivity contribution is 1.07. The van der Waals surface area contributed by atoms with E-state index < -0.39 is 0 Å². The topological polar surface area (TPSA) is 38.7 Å². The molecule has 0 N–H and O–H groups in total. The molecular weight excluding hydrogens is 703 g/mol. The van der Waals surface area contributed by atoms with Crippen molar-refractivity contribution in [2.75, 3.05) is 0 Å². The maximum atomic E-state index is 5.08. The Morgan fingerprint density at radius 2 is 0.500 bits per heavy atom. The highest BCUT2D eigenvalue weighted by molar-refractivity contribution is 6.33. The van der Waals surface area contributed by atoms with Crippen molar-refractivity contribution in [2.24, 2.45) is 0 Å². The zero-order valence-corrected chi connectivity index (χ0v) is 31.5. The van der Waals surface area contributed by atoms with Gasteiger partial charge in [0.15, 0.2) is 17.5 Å². The Bertz CT molecular complexity index is 3280. The average molecular weight is 738 g/mol. The molecule has 0 amide bonds. The van der Waals surface area contributed by atoms with Crippen molar-refractivity contribution in [3.63, 3.8) is 0 Å². The first-order valence-corrected chi connectivity index (χ1v) is 19.7. The van der Waals surface area contributed by atoms with Crippen molar-refractivity contribution in [2.45, 2.75) is 0 Å². The number of benzene rings is 10. The molecule has 0 spiro atoms. The molecule has 0 fully saturated rings. The van der Waals surface area contributed by atoms with E-state index in [1.807, 2.05) is 36.4 Å². The monoisotopic (exact) mass is 737 g/mol. The van der Waals surface area contributed by atoms with Crippen LogP contribution in [0.3, 0.4) is 0 Å². The fraction of sp³-hybridized carbons (Fsp3) is 0. The van der Waals surface area contributed by atoms with E-state index in [0.29, 0.717) is 17.5 Å². The molecule has 0 aliphatic carbocycles. The second kappa shape index (κ2) is 14.1. The Hall–Kier alpha value is -7.75. The SMILES string of the molecule is c1ccc(-c2ccc(-c3ccc(-c4nc(-c5ccccc5)nc(-c5ccc(-c6cc7c8ccccc8c8ccccc8c7c7ccccc67)cc5)n4)cc3)cc2)cc1. The Labute approximate surface area is 336 Å². The van der Waals surface area contributed by atoms with Crippen LogP contribution in [0.5, 0.6) is 0 Å². The van der Waals surface area contributed by atoms with E-state index in [4.69, 9.17) is 15.0 Å². The molecule has 0 saturated heterocycles. The molecule has 3 nitrogen and oxygen atoms in total. The van der Waals surface area contributed by atoms with Crippen molar-refractivity contribution in [1.29, 1.82) is 0 Å². The van der Waals surface area contributed by atoms with Gasteiger partial charge in [-0.3, -0.25) is 0 Å². The van der Waals surface area contributed by atoms with Gasteiger partial charge in [0.05, 0.1) is 0 Å². The maximum absolute atomic E-state index is 5.08. The first-order valence-electron chi connectivity index (χ1n) is 19.7. The minimum absolute atomic E-state index is 0.636. The third kappa shape index (κ3) is 5.89. The molecule has 1 heterocycles. The van der Waals surface area contributed by atoms with Crippen LogP contribution in [0.2, 0.25) is 0 Å². The number of fused-ring (bicyclic) bond motifs is 8. The van der Waals surface area contributed by atoms with E-state index in [0.717, 1.165) is 33.4 Å². The molecule has 0 aliphatic rings. The van der Waals surface area contributed by atoms with E-state index in [1.54, 1.807) is 0 Å². The van der Waals surface area contributed by atoms with Crippen LogP contribution in [0.1, 0.15) is 0 Å². The third-order valence-corrected chi connectivity index (χ3v) is 11.3. The molecule has 1 aromatic heterocycles. The van der Waals surface area contributed by atoms with E-state index in [1.165, 1.54) is 59.8 Å². The predicted molar refractivity (Wildman–Crippen MR) is 242 cm³/mol. The summed E-state index contributed by atoms with van der Waals surface area (Å²) in [5.41, 5.74) is 9.87. The fourth-order valence-electron chi connectivity index (χ4n) is 8.45. The molecule has 58 heavy (non-hydrogen) atoms. The molecular formula is C55H35N3. The van der Waals surface area contributed by atoms with Crippen LogP contribution in [0.15, 0.2) is 212 Å². The lowest BCUT2D eigenvalue weighted by Gasteiger charge is -2.16. The van der Waals surface area contributed by atoms with Gasteiger partial charge >= 0.3 is 0 Å². The Kier molecular flexibility index (Phi) is 8.15. The average Bonchev–Trinajstić information content (AvgIpc) is 3.32. The lowest BCUT2D eigenvalue weighted by Crippen LogP contribution is -2.00. The summed E-state index contributed by atoms with van der Waals surface area (Å²) in [5, 5.41) is 10.1. The Morgan fingerprint density at radius 1 is 0.207 bits per heavy atom. The minimum atomic E-state index is 0.636. The van der Waals surface area contributed by atoms with Gasteiger partial charge < -0.3 is 0 Å². The molecule has 0 radical (unpaired) electrons. The second-order valence-corrected chi connectivity index (χ2v) is 14.8. The molecule has 3 heteroatoms. The third-order valence-electron chi connectivity index (χ3n) is 11.3. The Balaban J connectivity index is 0.988. The first kappa shape index (κ1) is 33.6. The van der Waals surface area contributed by atoms with Crippen LogP contribution < -0.4 is 0 Å². The highest BCUT2D eigenvalue weighted by atomic mass is 15.0. The molecule has 0 unspecified atom stereocenters. The highest BCUT2D eigenvalue weighted by Gasteiger charge is 2.17. The van der Waals surface area contributed by atoms with Gasteiger partial charge in [0.1, 0.15) is 0 Å². The minimum Gasteiger partial charge on any atom is -0.208 e. The molecule has 0 bridgehead atoms. The van der Waals surface area contributed by atoms with Crippen molar-refractivity contribution in [3.8, 4) is 67.5 Å². The summed E-state index contributed by atoms with van der Waals surface area (Å²) < 4.78 is 0. The van der Waals surface area contributed by atoms with E-state index in [9.17, 15) is 0 Å². The molecule has 0 aliphatic heterocycles. The van der Waals surface area contributed by atoms with Gasteiger partial charge in [-0.1, -0.05) is 206 Å². The second-order valence-electron chi connectivity index (χ2n) is 14.8. The fourth-order valence-corrected chi connectivity index (χ4v) is 8.45. The van der Waals surface area contributed by atoms with Crippen LogP contribution >= 0.6 is 0 Å². The molecule has 0 atom stereocenters. The summed E-state index contributed by atoms with van der Waals surface area (Å²) in [7, 11) is 0. The van der Waals surface area contributed by atoms with Gasteiger partial charge in [-0.15, -0.1) is 0 Å². The van der Waals surface area contributed by atoms with Gasteiger partial charge in [0.25, 0.3) is 0 Å². The van der Waals surface area contributed by atoms with Gasteiger partial charge in [0, 0.05) is 16.7 Å². The summed E-state index contributed by atoms with van der Waals surface area (Å²) in [6.07, 6.45) is 0. The van der Waals surface area contributed by atoms with Gasteiger partial charge in [-0.25, -0.2) is 15.0 Å².